The molecule has 156 valence electrons. The molecule has 1 atom stereocenters. The maximum Gasteiger partial charge on any atom is 0.335 e. The Balaban J connectivity index is 1.83. The van der Waals surface area contributed by atoms with E-state index in [2.05, 4.69) is 10.9 Å². The van der Waals surface area contributed by atoms with Crippen molar-refractivity contribution in [3.8, 4) is 5.75 Å². The van der Waals surface area contributed by atoms with Crippen LogP contribution in [-0.4, -0.2) is 50.8 Å². The second-order valence-corrected chi connectivity index (χ2v) is 9.13. The normalized spacial score (nSPS) is 17.1. The van der Waals surface area contributed by atoms with E-state index in [9.17, 15) is 13.2 Å². The fourth-order valence-electron chi connectivity index (χ4n) is 3.46. The number of sulfonamides is 1. The van der Waals surface area contributed by atoms with Crippen molar-refractivity contribution in [3.05, 3.63) is 64.7 Å². The lowest BCUT2D eigenvalue weighted by Gasteiger charge is -2.24. The Kier molecular flexibility index (Phi) is 6.14. The fraction of sp³-hybridized carbons (Fsp3) is 0.381. The second kappa shape index (κ2) is 8.42. The van der Waals surface area contributed by atoms with E-state index in [-0.39, 0.29) is 18.6 Å². The predicted molar refractivity (Wildman–Crippen MR) is 112 cm³/mol. The number of nitrogens with one attached hydrogen (secondary N) is 1. The number of aryl methyl sites for hydroxylation is 2. The summed E-state index contributed by atoms with van der Waals surface area (Å²) in [6, 6.07) is 13.2. The van der Waals surface area contributed by atoms with Crippen LogP contribution in [0.3, 0.4) is 0 Å². The van der Waals surface area contributed by atoms with Crippen molar-refractivity contribution in [3.63, 3.8) is 0 Å². The van der Waals surface area contributed by atoms with E-state index < -0.39 is 10.0 Å². The highest BCUT2D eigenvalue weighted by molar-refractivity contribution is 7.88. The lowest BCUT2D eigenvalue weighted by molar-refractivity contribution is 0.182. The van der Waals surface area contributed by atoms with E-state index in [0.29, 0.717) is 13.0 Å². The van der Waals surface area contributed by atoms with Crippen molar-refractivity contribution in [1.82, 2.24) is 14.7 Å². The smallest absolute Gasteiger partial charge is 0.335 e. The monoisotopic (exact) mass is 417 g/mol. The molecule has 1 N–H and O–H groups in total. The summed E-state index contributed by atoms with van der Waals surface area (Å²) in [7, 11) is -1.92. The van der Waals surface area contributed by atoms with Crippen molar-refractivity contribution in [2.45, 2.75) is 26.3 Å². The fourth-order valence-corrected chi connectivity index (χ4v) is 4.02. The van der Waals surface area contributed by atoms with Crippen molar-refractivity contribution in [1.29, 1.82) is 0 Å². The molecule has 3 rings (SSSR count). The van der Waals surface area contributed by atoms with Crippen LogP contribution in [0.15, 0.2) is 42.5 Å². The molecule has 0 saturated carbocycles. The van der Waals surface area contributed by atoms with Crippen LogP contribution in [0.5, 0.6) is 5.75 Å². The van der Waals surface area contributed by atoms with Gasteiger partial charge >= 0.3 is 6.03 Å². The largest absolute Gasteiger partial charge is 0.497 e. The maximum atomic E-state index is 12.9. The second-order valence-electron chi connectivity index (χ2n) is 7.41. The highest BCUT2D eigenvalue weighted by Crippen LogP contribution is 2.30. The Morgan fingerprint density at radius 1 is 1.10 bits per heavy atom. The van der Waals surface area contributed by atoms with Crippen molar-refractivity contribution < 1.29 is 17.9 Å². The van der Waals surface area contributed by atoms with Gasteiger partial charge in [-0.05, 0) is 54.7 Å². The molecular formula is C21H27N3O4S. The van der Waals surface area contributed by atoms with Gasteiger partial charge in [0.2, 0.25) is 10.0 Å². The standard InChI is InChI=1S/C21H27N3O4S/c1-15-5-8-18(13-16(15)2)20-14-24(22-29(4,26)27)21(25)23(20)12-11-17-6-9-19(28-3)10-7-17/h5-10,13,20,22H,11-12,14H2,1-4H3/t20-/m0/s1. The zero-order valence-corrected chi connectivity index (χ0v) is 18.0. The Morgan fingerprint density at radius 2 is 1.79 bits per heavy atom. The molecule has 0 bridgehead atoms. The van der Waals surface area contributed by atoms with Crippen LogP contribution in [0.1, 0.15) is 28.3 Å². The molecule has 0 unspecified atom stereocenters. The Morgan fingerprint density at radius 3 is 2.38 bits per heavy atom. The number of urea groups is 1. The Hall–Kier alpha value is -2.58. The summed E-state index contributed by atoms with van der Waals surface area (Å²) in [6.07, 6.45) is 1.70. The highest BCUT2D eigenvalue weighted by atomic mass is 32.2. The zero-order chi connectivity index (χ0) is 21.2. The van der Waals surface area contributed by atoms with Crippen LogP contribution in [0, 0.1) is 13.8 Å². The Bertz CT molecular complexity index is 989. The molecule has 0 aromatic heterocycles. The van der Waals surface area contributed by atoms with Crippen LogP contribution < -0.4 is 9.57 Å². The summed E-state index contributed by atoms with van der Waals surface area (Å²) >= 11 is 0. The number of benzene rings is 2. The third kappa shape index (κ3) is 5.07. The van der Waals surface area contributed by atoms with Gasteiger partial charge in [-0.3, -0.25) is 0 Å². The quantitative estimate of drug-likeness (QED) is 0.751. The van der Waals surface area contributed by atoms with Gasteiger partial charge in [0, 0.05) is 6.54 Å². The first-order valence-corrected chi connectivity index (χ1v) is 11.3. The summed E-state index contributed by atoms with van der Waals surface area (Å²) < 4.78 is 28.6. The molecule has 0 aliphatic carbocycles. The molecule has 0 spiro atoms. The minimum Gasteiger partial charge on any atom is -0.497 e. The maximum absolute atomic E-state index is 12.9. The molecule has 0 radical (unpaired) electrons. The first-order valence-electron chi connectivity index (χ1n) is 9.43. The molecule has 2 aromatic rings. The molecule has 2 amide bonds. The number of hydrogen-bond acceptors (Lipinski definition) is 4. The first kappa shape index (κ1) is 21.1. The predicted octanol–water partition coefficient (Wildman–Crippen LogP) is 2.80. The summed E-state index contributed by atoms with van der Waals surface area (Å²) in [5.74, 6) is 0.780. The molecule has 1 heterocycles. The first-order chi connectivity index (χ1) is 13.7. The number of amides is 2. The number of carbonyl (C=O) groups excluding carboxylic acids is 1. The van der Waals surface area contributed by atoms with E-state index in [1.165, 1.54) is 10.6 Å². The van der Waals surface area contributed by atoms with Gasteiger partial charge in [0.25, 0.3) is 0 Å². The zero-order valence-electron chi connectivity index (χ0n) is 17.2. The van der Waals surface area contributed by atoms with Gasteiger partial charge in [0.1, 0.15) is 5.75 Å². The van der Waals surface area contributed by atoms with Crippen LogP contribution in [-0.2, 0) is 16.4 Å². The van der Waals surface area contributed by atoms with Crippen LogP contribution in [0.25, 0.3) is 0 Å². The van der Waals surface area contributed by atoms with Crippen molar-refractivity contribution in [2.75, 3.05) is 26.5 Å². The molecule has 1 aliphatic heterocycles. The third-order valence-electron chi connectivity index (χ3n) is 5.20. The van der Waals surface area contributed by atoms with E-state index in [1.807, 2.05) is 50.2 Å². The average molecular weight is 418 g/mol. The van der Waals surface area contributed by atoms with Gasteiger partial charge in [0.05, 0.1) is 26.0 Å². The lowest BCUT2D eigenvalue weighted by Crippen LogP contribution is -2.44. The molecule has 1 saturated heterocycles. The minimum absolute atomic E-state index is 0.228. The molecule has 8 heteroatoms. The summed E-state index contributed by atoms with van der Waals surface area (Å²) in [4.78, 5) is 17.0. The molecule has 7 nitrogen and oxygen atoms in total. The van der Waals surface area contributed by atoms with E-state index >= 15 is 0 Å². The third-order valence-corrected chi connectivity index (χ3v) is 5.75. The van der Waals surface area contributed by atoms with Gasteiger partial charge in [-0.15, -0.1) is 4.83 Å². The van der Waals surface area contributed by atoms with Crippen molar-refractivity contribution >= 4 is 16.1 Å². The summed E-state index contributed by atoms with van der Waals surface area (Å²) in [5, 5.41) is 1.18. The van der Waals surface area contributed by atoms with E-state index in [4.69, 9.17) is 4.74 Å². The molecule has 1 aliphatic rings. The molecular weight excluding hydrogens is 390 g/mol. The summed E-state index contributed by atoms with van der Waals surface area (Å²) in [6.45, 7) is 4.81. The van der Waals surface area contributed by atoms with Gasteiger partial charge in [0.15, 0.2) is 0 Å². The van der Waals surface area contributed by atoms with E-state index in [0.717, 1.165) is 28.7 Å². The number of rotatable bonds is 7. The van der Waals surface area contributed by atoms with Gasteiger partial charge in [-0.25, -0.2) is 18.2 Å². The highest BCUT2D eigenvalue weighted by Gasteiger charge is 2.39. The number of hydrogen-bond donors (Lipinski definition) is 1. The minimum atomic E-state index is -3.54. The number of carbonyl (C=O) groups is 1. The van der Waals surface area contributed by atoms with Crippen LogP contribution >= 0.6 is 0 Å². The number of hydrazine groups is 1. The van der Waals surface area contributed by atoms with Gasteiger partial charge in [-0.1, -0.05) is 30.3 Å². The van der Waals surface area contributed by atoms with Crippen LogP contribution in [0.2, 0.25) is 0 Å². The SMILES string of the molecule is COc1ccc(CCN2C(=O)N(NS(C)(=O)=O)C[C@H]2c2ccc(C)c(C)c2)cc1. The molecule has 2 aromatic carbocycles. The lowest BCUT2D eigenvalue weighted by atomic mass is 10.0. The number of methoxy groups -OCH3 is 1. The van der Waals surface area contributed by atoms with Crippen LogP contribution in [0.4, 0.5) is 4.79 Å². The molecule has 29 heavy (non-hydrogen) atoms. The number of ether oxygens (including phenoxy) is 1. The van der Waals surface area contributed by atoms with Gasteiger partial charge < -0.3 is 9.64 Å². The Labute approximate surface area is 172 Å². The number of nitrogens with zero attached hydrogens (tertiary/aromatic N) is 2. The molecule has 1 fully saturated rings. The van der Waals surface area contributed by atoms with Gasteiger partial charge in [-0.2, -0.15) is 0 Å². The summed E-state index contributed by atoms with van der Waals surface area (Å²) in [5.41, 5.74) is 4.38. The average Bonchev–Trinajstić information content (AvgIpc) is 2.97. The van der Waals surface area contributed by atoms with E-state index in [1.54, 1.807) is 12.0 Å². The topological polar surface area (TPSA) is 79.0 Å². The van der Waals surface area contributed by atoms with Crippen molar-refractivity contribution in [2.24, 2.45) is 0 Å².